The van der Waals surface area contributed by atoms with Gasteiger partial charge in [0.05, 0.1) is 27.4 Å². The smallest absolute Gasteiger partial charge is 0.248 e. The summed E-state index contributed by atoms with van der Waals surface area (Å²) in [5.74, 6) is -0.316. The summed E-state index contributed by atoms with van der Waals surface area (Å²) in [6.07, 6.45) is 0.726. The molecule has 1 aromatic carbocycles. The number of nitrogens with zero attached hydrogens (tertiary/aromatic N) is 2. The Morgan fingerprint density at radius 3 is 2.95 bits per heavy atom. The summed E-state index contributed by atoms with van der Waals surface area (Å²) in [4.78, 5) is 13.6. The van der Waals surface area contributed by atoms with Crippen molar-refractivity contribution >= 4 is 34.8 Å². The molecule has 1 aromatic rings. The van der Waals surface area contributed by atoms with Crippen LogP contribution in [0.3, 0.4) is 0 Å². The van der Waals surface area contributed by atoms with Gasteiger partial charge in [-0.25, -0.2) is 0 Å². The van der Waals surface area contributed by atoms with E-state index in [2.05, 4.69) is 11.4 Å². The predicted octanol–water partition coefficient (Wildman–Crippen LogP) is 2.36. The lowest BCUT2D eigenvalue weighted by Gasteiger charge is -2.40. The Bertz CT molecular complexity index is 686. The molecule has 0 aromatic heterocycles. The van der Waals surface area contributed by atoms with Crippen molar-refractivity contribution in [3.8, 4) is 6.07 Å². The standard InChI is InChI=1S/C15H15Cl2N3O2/c1-7-2-11-9(5-20(7)12(22)6-21)13-8(4-18)3-10(16)14(17)15(13)19-11/h3,7,9,11,19,21H,2,5-6H2,1H3/t7-,9?,11?/m1/s1. The number of aliphatic hydroxyl groups is 1. The van der Waals surface area contributed by atoms with Crippen LogP contribution in [0.4, 0.5) is 5.69 Å². The lowest BCUT2D eigenvalue weighted by atomic mass is 9.84. The molecular formula is C15H15Cl2N3O2. The van der Waals surface area contributed by atoms with Gasteiger partial charge in [-0.05, 0) is 19.4 Å². The van der Waals surface area contributed by atoms with Crippen LogP contribution in [0.2, 0.25) is 10.0 Å². The van der Waals surface area contributed by atoms with Gasteiger partial charge in [0.2, 0.25) is 5.91 Å². The van der Waals surface area contributed by atoms with Gasteiger partial charge in [0.25, 0.3) is 0 Å². The number of fused-ring (bicyclic) bond motifs is 3. The molecule has 0 aliphatic carbocycles. The second-order valence-corrected chi connectivity index (χ2v) is 6.55. The van der Waals surface area contributed by atoms with Gasteiger partial charge in [0, 0.05) is 30.1 Å². The first-order valence-corrected chi connectivity index (χ1v) is 7.82. The molecule has 1 saturated heterocycles. The van der Waals surface area contributed by atoms with E-state index in [4.69, 9.17) is 28.3 Å². The Morgan fingerprint density at radius 1 is 1.59 bits per heavy atom. The number of amides is 1. The van der Waals surface area contributed by atoms with Crippen LogP contribution >= 0.6 is 23.2 Å². The van der Waals surface area contributed by atoms with Gasteiger partial charge in [-0.15, -0.1) is 0 Å². The molecule has 2 aliphatic rings. The molecule has 116 valence electrons. The number of benzene rings is 1. The normalized spacial score (nSPS) is 26.0. The number of hydrogen-bond donors (Lipinski definition) is 2. The molecule has 3 atom stereocenters. The highest BCUT2D eigenvalue weighted by atomic mass is 35.5. The lowest BCUT2D eigenvalue weighted by Crippen LogP contribution is -2.51. The monoisotopic (exact) mass is 339 g/mol. The fraction of sp³-hybridized carbons (Fsp3) is 0.467. The fourth-order valence-corrected chi connectivity index (χ4v) is 3.93. The van der Waals surface area contributed by atoms with E-state index >= 15 is 0 Å². The van der Waals surface area contributed by atoms with E-state index in [1.807, 2.05) is 6.92 Å². The molecule has 22 heavy (non-hydrogen) atoms. The topological polar surface area (TPSA) is 76.4 Å². The summed E-state index contributed by atoms with van der Waals surface area (Å²) in [5.41, 5.74) is 2.01. The van der Waals surface area contributed by atoms with Crippen LogP contribution in [-0.2, 0) is 4.79 Å². The van der Waals surface area contributed by atoms with Crippen molar-refractivity contribution < 1.29 is 9.90 Å². The molecule has 0 radical (unpaired) electrons. The van der Waals surface area contributed by atoms with E-state index in [9.17, 15) is 10.1 Å². The molecule has 2 aliphatic heterocycles. The fourth-order valence-electron chi connectivity index (χ4n) is 3.51. The number of piperidine rings is 1. The summed E-state index contributed by atoms with van der Waals surface area (Å²) < 4.78 is 0. The number of hydrogen-bond acceptors (Lipinski definition) is 4. The Labute approximate surface area is 138 Å². The number of carbonyl (C=O) groups excluding carboxylic acids is 1. The van der Waals surface area contributed by atoms with Gasteiger partial charge < -0.3 is 15.3 Å². The van der Waals surface area contributed by atoms with E-state index < -0.39 is 6.61 Å². The average Bonchev–Trinajstić information content (AvgIpc) is 2.87. The van der Waals surface area contributed by atoms with Crippen molar-refractivity contribution in [3.63, 3.8) is 0 Å². The third-order valence-electron chi connectivity index (χ3n) is 4.54. The summed E-state index contributed by atoms with van der Waals surface area (Å²) in [6.45, 7) is 1.90. The third-order valence-corrected chi connectivity index (χ3v) is 5.33. The predicted molar refractivity (Wildman–Crippen MR) is 84.2 cm³/mol. The van der Waals surface area contributed by atoms with Crippen LogP contribution in [0.15, 0.2) is 6.07 Å². The maximum absolute atomic E-state index is 11.9. The largest absolute Gasteiger partial charge is 0.387 e. The SMILES string of the molecule is C[C@@H]1CC2Nc3c(Cl)c(Cl)cc(C#N)c3C2CN1C(=O)CO. The Balaban J connectivity index is 2.04. The van der Waals surface area contributed by atoms with Crippen molar-refractivity contribution in [1.82, 2.24) is 4.90 Å². The van der Waals surface area contributed by atoms with Gasteiger partial charge in [0.1, 0.15) is 6.61 Å². The molecule has 3 rings (SSSR count). The van der Waals surface area contributed by atoms with Gasteiger partial charge in [0.15, 0.2) is 0 Å². The molecule has 5 nitrogen and oxygen atoms in total. The highest BCUT2D eigenvalue weighted by Crippen LogP contribution is 2.48. The molecule has 0 spiro atoms. The quantitative estimate of drug-likeness (QED) is 0.823. The number of carbonyl (C=O) groups is 1. The molecule has 2 heterocycles. The number of halogens is 2. The molecule has 0 bridgehead atoms. The van der Waals surface area contributed by atoms with Crippen molar-refractivity contribution in [2.45, 2.75) is 31.3 Å². The van der Waals surface area contributed by atoms with E-state index in [1.165, 1.54) is 0 Å². The number of rotatable bonds is 1. The van der Waals surface area contributed by atoms with Crippen LogP contribution in [-0.4, -0.2) is 41.1 Å². The maximum Gasteiger partial charge on any atom is 0.248 e. The van der Waals surface area contributed by atoms with E-state index in [0.29, 0.717) is 27.8 Å². The third kappa shape index (κ3) is 2.23. The van der Waals surface area contributed by atoms with Crippen LogP contribution in [0, 0.1) is 11.3 Å². The van der Waals surface area contributed by atoms with Crippen LogP contribution in [0.5, 0.6) is 0 Å². The van der Waals surface area contributed by atoms with E-state index in [0.717, 1.165) is 12.0 Å². The zero-order chi connectivity index (χ0) is 16.0. The highest BCUT2D eigenvalue weighted by molar-refractivity contribution is 6.44. The summed E-state index contributed by atoms with van der Waals surface area (Å²) in [5, 5.41) is 22.6. The first-order valence-electron chi connectivity index (χ1n) is 7.06. The van der Waals surface area contributed by atoms with E-state index in [1.54, 1.807) is 11.0 Å². The maximum atomic E-state index is 11.9. The van der Waals surface area contributed by atoms with Gasteiger partial charge in [-0.2, -0.15) is 5.26 Å². The Hall–Kier alpha value is -1.48. The van der Waals surface area contributed by atoms with Crippen molar-refractivity contribution in [1.29, 1.82) is 5.26 Å². The van der Waals surface area contributed by atoms with Crippen molar-refractivity contribution in [2.75, 3.05) is 18.5 Å². The van der Waals surface area contributed by atoms with Crippen LogP contribution in [0.25, 0.3) is 0 Å². The summed E-state index contributed by atoms with van der Waals surface area (Å²) in [6, 6.07) is 3.86. The van der Waals surface area contributed by atoms with Gasteiger partial charge in [-0.3, -0.25) is 4.79 Å². The number of nitrogens with one attached hydrogen (secondary N) is 1. The zero-order valence-electron chi connectivity index (χ0n) is 11.9. The molecular weight excluding hydrogens is 325 g/mol. The number of likely N-dealkylation sites (tertiary alicyclic amines) is 1. The molecule has 1 fully saturated rings. The van der Waals surface area contributed by atoms with Crippen molar-refractivity contribution in [3.05, 3.63) is 27.2 Å². The first kappa shape index (κ1) is 15.4. The first-order chi connectivity index (χ1) is 10.5. The van der Waals surface area contributed by atoms with Crippen LogP contribution < -0.4 is 5.32 Å². The van der Waals surface area contributed by atoms with E-state index in [-0.39, 0.29) is 23.9 Å². The summed E-state index contributed by atoms with van der Waals surface area (Å²) in [7, 11) is 0. The molecule has 0 saturated carbocycles. The molecule has 7 heteroatoms. The minimum absolute atomic E-state index is 0.0162. The lowest BCUT2D eigenvalue weighted by molar-refractivity contribution is -0.137. The minimum Gasteiger partial charge on any atom is -0.387 e. The van der Waals surface area contributed by atoms with Gasteiger partial charge >= 0.3 is 0 Å². The highest BCUT2D eigenvalue weighted by Gasteiger charge is 2.43. The molecule has 1 amide bonds. The Kier molecular flexibility index (Phi) is 3.94. The second kappa shape index (κ2) is 5.62. The second-order valence-electron chi connectivity index (χ2n) is 5.77. The van der Waals surface area contributed by atoms with Crippen LogP contribution in [0.1, 0.15) is 30.4 Å². The molecule has 2 N–H and O–H groups in total. The molecule has 2 unspecified atom stereocenters. The minimum atomic E-state index is -0.505. The summed E-state index contributed by atoms with van der Waals surface area (Å²) >= 11 is 12.4. The van der Waals surface area contributed by atoms with Gasteiger partial charge in [-0.1, -0.05) is 23.2 Å². The number of aliphatic hydroxyl groups excluding tert-OH is 1. The average molecular weight is 340 g/mol. The zero-order valence-corrected chi connectivity index (χ0v) is 13.4. The number of nitriles is 1. The Morgan fingerprint density at radius 2 is 2.32 bits per heavy atom. The van der Waals surface area contributed by atoms with Crippen molar-refractivity contribution in [2.24, 2.45) is 0 Å². The number of anilines is 1.